The van der Waals surface area contributed by atoms with Crippen molar-refractivity contribution < 1.29 is 22.0 Å². The molecule has 0 saturated heterocycles. The first-order chi connectivity index (χ1) is 9.86. The highest BCUT2D eigenvalue weighted by atomic mass is 79.9. The van der Waals surface area contributed by atoms with E-state index in [1.54, 1.807) is 0 Å². The summed E-state index contributed by atoms with van der Waals surface area (Å²) in [5.41, 5.74) is -0.873. The van der Waals surface area contributed by atoms with Gasteiger partial charge in [0.1, 0.15) is 11.6 Å². The van der Waals surface area contributed by atoms with Gasteiger partial charge in [-0.25, -0.2) is 22.0 Å². The number of nitrogens with one attached hydrogen (secondary N) is 1. The second kappa shape index (κ2) is 6.11. The minimum Gasteiger partial charge on any atom is -0.309 e. The molecule has 2 aromatic carbocycles. The van der Waals surface area contributed by atoms with Crippen LogP contribution in [0.15, 0.2) is 28.7 Å². The zero-order chi connectivity index (χ0) is 15.7. The Hall–Kier alpha value is -1.47. The molecular formula is C14H9BrF5N. The van der Waals surface area contributed by atoms with Gasteiger partial charge in [-0.2, -0.15) is 0 Å². The molecule has 2 aromatic rings. The topological polar surface area (TPSA) is 12.0 Å². The Morgan fingerprint density at radius 1 is 0.905 bits per heavy atom. The molecule has 21 heavy (non-hydrogen) atoms. The summed E-state index contributed by atoms with van der Waals surface area (Å²) in [7, 11) is 1.33. The summed E-state index contributed by atoms with van der Waals surface area (Å²) in [6.45, 7) is 0. The lowest BCUT2D eigenvalue weighted by Crippen LogP contribution is -2.22. The predicted octanol–water partition coefficient (Wildman–Crippen LogP) is 4.45. The van der Waals surface area contributed by atoms with Crippen molar-refractivity contribution >= 4 is 15.9 Å². The van der Waals surface area contributed by atoms with Gasteiger partial charge in [-0.3, -0.25) is 0 Å². The molecule has 112 valence electrons. The van der Waals surface area contributed by atoms with E-state index in [-0.39, 0.29) is 4.47 Å². The van der Waals surface area contributed by atoms with Gasteiger partial charge in [-0.1, -0.05) is 22.0 Å². The van der Waals surface area contributed by atoms with Gasteiger partial charge in [0.15, 0.2) is 17.5 Å². The number of hydrogen-bond acceptors (Lipinski definition) is 1. The standard InChI is InChI=1S/C14H9BrF5N/c1-21-14(7-2-3-8(16)13(20)12(7)19)11-9(17)4-6(15)5-10(11)18/h2-5,14,21H,1H3. The largest absolute Gasteiger partial charge is 0.309 e. The molecule has 1 nitrogen and oxygen atoms in total. The van der Waals surface area contributed by atoms with Crippen LogP contribution in [0, 0.1) is 29.1 Å². The van der Waals surface area contributed by atoms with Crippen molar-refractivity contribution in [2.24, 2.45) is 0 Å². The van der Waals surface area contributed by atoms with Gasteiger partial charge in [-0.05, 0) is 25.2 Å². The lowest BCUT2D eigenvalue weighted by molar-refractivity contribution is 0.431. The van der Waals surface area contributed by atoms with Gasteiger partial charge in [0.25, 0.3) is 0 Å². The monoisotopic (exact) mass is 365 g/mol. The Morgan fingerprint density at radius 3 is 2.00 bits per heavy atom. The predicted molar refractivity (Wildman–Crippen MR) is 71.3 cm³/mol. The Bertz CT molecular complexity index is 666. The Morgan fingerprint density at radius 2 is 1.48 bits per heavy atom. The molecule has 0 saturated carbocycles. The van der Waals surface area contributed by atoms with Crippen LogP contribution in [0.5, 0.6) is 0 Å². The van der Waals surface area contributed by atoms with Crippen molar-refractivity contribution in [2.45, 2.75) is 6.04 Å². The summed E-state index contributed by atoms with van der Waals surface area (Å²) in [4.78, 5) is 0. The second-order valence-electron chi connectivity index (χ2n) is 4.27. The molecule has 0 aliphatic rings. The highest BCUT2D eigenvalue weighted by Gasteiger charge is 2.26. The number of halogens is 6. The molecule has 0 aromatic heterocycles. The minimum atomic E-state index is -1.69. The fourth-order valence-corrected chi connectivity index (χ4v) is 2.45. The maximum atomic E-state index is 13.9. The van der Waals surface area contributed by atoms with Crippen molar-refractivity contribution in [2.75, 3.05) is 7.05 Å². The van der Waals surface area contributed by atoms with Crippen LogP contribution in [-0.4, -0.2) is 7.05 Å². The first-order valence-corrected chi connectivity index (χ1v) is 6.61. The number of benzene rings is 2. The van der Waals surface area contributed by atoms with Crippen LogP contribution in [0.25, 0.3) is 0 Å². The normalized spacial score (nSPS) is 12.5. The van der Waals surface area contributed by atoms with E-state index in [0.29, 0.717) is 6.07 Å². The van der Waals surface area contributed by atoms with E-state index in [1.807, 2.05) is 0 Å². The fraction of sp³-hybridized carbons (Fsp3) is 0.143. The third-order valence-corrected chi connectivity index (χ3v) is 3.46. The van der Waals surface area contributed by atoms with Gasteiger partial charge >= 0.3 is 0 Å². The van der Waals surface area contributed by atoms with E-state index in [0.717, 1.165) is 18.2 Å². The summed E-state index contributed by atoms with van der Waals surface area (Å²) >= 11 is 2.93. The second-order valence-corrected chi connectivity index (χ2v) is 5.19. The third-order valence-electron chi connectivity index (χ3n) is 3.00. The molecule has 0 bridgehead atoms. The van der Waals surface area contributed by atoms with E-state index < -0.39 is 46.3 Å². The molecule has 0 spiro atoms. The molecule has 0 radical (unpaired) electrons. The summed E-state index contributed by atoms with van der Waals surface area (Å²) < 4.78 is 68.1. The van der Waals surface area contributed by atoms with E-state index in [2.05, 4.69) is 21.2 Å². The molecule has 1 unspecified atom stereocenters. The van der Waals surface area contributed by atoms with Crippen LogP contribution in [0.4, 0.5) is 22.0 Å². The Balaban J connectivity index is 2.64. The molecule has 0 aliphatic carbocycles. The highest BCUT2D eigenvalue weighted by Crippen LogP contribution is 2.31. The quantitative estimate of drug-likeness (QED) is 0.625. The molecule has 0 fully saturated rings. The smallest absolute Gasteiger partial charge is 0.194 e. The van der Waals surface area contributed by atoms with Gasteiger partial charge < -0.3 is 5.32 Å². The first-order valence-electron chi connectivity index (χ1n) is 5.82. The highest BCUT2D eigenvalue weighted by molar-refractivity contribution is 9.10. The molecule has 0 heterocycles. The van der Waals surface area contributed by atoms with E-state index in [4.69, 9.17) is 0 Å². The Kier molecular flexibility index (Phi) is 4.63. The maximum absolute atomic E-state index is 13.9. The molecule has 0 aliphatic heterocycles. The summed E-state index contributed by atoms with van der Waals surface area (Å²) in [5.74, 6) is -6.43. The maximum Gasteiger partial charge on any atom is 0.194 e. The minimum absolute atomic E-state index is 0.168. The van der Waals surface area contributed by atoms with Gasteiger partial charge in [-0.15, -0.1) is 0 Å². The van der Waals surface area contributed by atoms with Crippen molar-refractivity contribution in [3.8, 4) is 0 Å². The summed E-state index contributed by atoms with van der Waals surface area (Å²) in [6.07, 6.45) is 0. The third kappa shape index (κ3) is 2.94. The average molecular weight is 366 g/mol. The van der Waals surface area contributed by atoms with Crippen molar-refractivity contribution in [1.82, 2.24) is 5.32 Å². The van der Waals surface area contributed by atoms with Crippen LogP contribution in [0.2, 0.25) is 0 Å². The zero-order valence-electron chi connectivity index (χ0n) is 10.7. The SMILES string of the molecule is CNC(c1ccc(F)c(F)c1F)c1c(F)cc(Br)cc1F. The molecule has 1 N–H and O–H groups in total. The van der Waals surface area contributed by atoms with Gasteiger partial charge in [0.05, 0.1) is 6.04 Å². The van der Waals surface area contributed by atoms with E-state index in [1.165, 1.54) is 7.05 Å². The lowest BCUT2D eigenvalue weighted by Gasteiger charge is -2.19. The molecule has 2 rings (SSSR count). The molecular weight excluding hydrogens is 357 g/mol. The van der Waals surface area contributed by atoms with E-state index in [9.17, 15) is 22.0 Å². The lowest BCUT2D eigenvalue weighted by atomic mass is 9.97. The van der Waals surface area contributed by atoms with Gasteiger partial charge in [0, 0.05) is 15.6 Å². The van der Waals surface area contributed by atoms with Crippen molar-refractivity contribution in [3.63, 3.8) is 0 Å². The first kappa shape index (κ1) is 15.9. The summed E-state index contributed by atoms with van der Waals surface area (Å²) in [5, 5.41) is 2.50. The van der Waals surface area contributed by atoms with Crippen LogP contribution < -0.4 is 5.32 Å². The molecule has 7 heteroatoms. The number of hydrogen-bond donors (Lipinski definition) is 1. The molecule has 1 atom stereocenters. The summed E-state index contributed by atoms with van der Waals surface area (Å²) in [6, 6.07) is 2.34. The van der Waals surface area contributed by atoms with Gasteiger partial charge in [0.2, 0.25) is 0 Å². The average Bonchev–Trinajstić information content (AvgIpc) is 2.41. The van der Waals surface area contributed by atoms with Crippen LogP contribution in [-0.2, 0) is 0 Å². The Labute approximate surface area is 125 Å². The van der Waals surface area contributed by atoms with Crippen molar-refractivity contribution in [1.29, 1.82) is 0 Å². The fourth-order valence-electron chi connectivity index (χ4n) is 2.05. The zero-order valence-corrected chi connectivity index (χ0v) is 12.2. The van der Waals surface area contributed by atoms with E-state index >= 15 is 0 Å². The van der Waals surface area contributed by atoms with Crippen LogP contribution >= 0.6 is 15.9 Å². The number of rotatable bonds is 3. The van der Waals surface area contributed by atoms with Crippen molar-refractivity contribution in [3.05, 3.63) is 69.0 Å². The van der Waals surface area contributed by atoms with Crippen LogP contribution in [0.1, 0.15) is 17.2 Å². The molecule has 0 amide bonds. The van der Waals surface area contributed by atoms with Crippen LogP contribution in [0.3, 0.4) is 0 Å².